The number of aromatic nitrogens is 2. The molecular formula is C13H17N3O. The zero-order chi connectivity index (χ0) is 12.5. The first-order chi connectivity index (χ1) is 8.06. The van der Waals surface area contributed by atoms with Crippen LogP contribution in [0.5, 0.6) is 0 Å². The number of nitrogens with zero attached hydrogens (tertiary/aromatic N) is 2. The third-order valence-electron chi connectivity index (χ3n) is 3.19. The van der Waals surface area contributed by atoms with Crippen molar-refractivity contribution in [2.45, 2.75) is 32.6 Å². The maximum atomic E-state index is 5.90. The second kappa shape index (κ2) is 4.20. The van der Waals surface area contributed by atoms with E-state index in [1.807, 2.05) is 12.1 Å². The van der Waals surface area contributed by atoms with Crippen LogP contribution < -0.4 is 5.73 Å². The van der Waals surface area contributed by atoms with Gasteiger partial charge in [0, 0.05) is 17.8 Å². The Labute approximate surface area is 101 Å². The summed E-state index contributed by atoms with van der Waals surface area (Å²) < 4.78 is 5.41. The largest absolute Gasteiger partial charge is 0.380 e. The van der Waals surface area contributed by atoms with Gasteiger partial charge in [0.1, 0.15) is 0 Å². The van der Waals surface area contributed by atoms with Gasteiger partial charge in [0.15, 0.2) is 11.6 Å². The van der Waals surface area contributed by atoms with E-state index in [1.165, 1.54) is 0 Å². The van der Waals surface area contributed by atoms with Crippen LogP contribution >= 0.6 is 0 Å². The van der Waals surface area contributed by atoms with Crippen molar-refractivity contribution < 1.29 is 4.52 Å². The summed E-state index contributed by atoms with van der Waals surface area (Å²) in [6.45, 7) is 6.37. The Balaban J connectivity index is 2.59. The summed E-state index contributed by atoms with van der Waals surface area (Å²) >= 11 is 0. The molecule has 0 aromatic carbocycles. The Hall–Kier alpha value is -1.84. The van der Waals surface area contributed by atoms with Crippen molar-refractivity contribution in [2.24, 2.45) is 0 Å². The minimum atomic E-state index is -0.0801. The van der Waals surface area contributed by atoms with Gasteiger partial charge in [-0.1, -0.05) is 25.9 Å². The molecule has 0 spiro atoms. The molecule has 90 valence electrons. The van der Waals surface area contributed by atoms with Crippen molar-refractivity contribution in [3.8, 4) is 11.1 Å². The molecule has 0 amide bonds. The van der Waals surface area contributed by atoms with E-state index in [0.717, 1.165) is 23.3 Å². The minimum Gasteiger partial charge on any atom is -0.380 e. The standard InChI is InChI=1S/C13H17N3O/c1-4-13(2,3)11-10(12(14)16-17-11)9-5-7-15-8-6-9/h5-8H,4H2,1-3H3,(H2,14,16). The van der Waals surface area contributed by atoms with Crippen LogP contribution in [0, 0.1) is 0 Å². The second-order valence-corrected chi connectivity index (χ2v) is 4.75. The summed E-state index contributed by atoms with van der Waals surface area (Å²) in [5.74, 6) is 1.27. The molecule has 0 radical (unpaired) electrons. The molecule has 2 aromatic heterocycles. The fourth-order valence-corrected chi connectivity index (χ4v) is 1.72. The maximum Gasteiger partial charge on any atom is 0.175 e. The fraction of sp³-hybridized carbons (Fsp3) is 0.385. The lowest BCUT2D eigenvalue weighted by Crippen LogP contribution is -2.15. The zero-order valence-corrected chi connectivity index (χ0v) is 10.4. The third-order valence-corrected chi connectivity index (χ3v) is 3.19. The van der Waals surface area contributed by atoms with E-state index in [9.17, 15) is 0 Å². The Morgan fingerprint density at radius 1 is 1.29 bits per heavy atom. The highest BCUT2D eigenvalue weighted by molar-refractivity contribution is 5.76. The fourth-order valence-electron chi connectivity index (χ4n) is 1.72. The van der Waals surface area contributed by atoms with Crippen molar-refractivity contribution >= 4 is 5.82 Å². The first-order valence-electron chi connectivity index (χ1n) is 5.72. The molecule has 0 aliphatic rings. The van der Waals surface area contributed by atoms with Crippen molar-refractivity contribution in [1.29, 1.82) is 0 Å². The Bertz CT molecular complexity index is 503. The Morgan fingerprint density at radius 3 is 2.53 bits per heavy atom. The molecule has 2 rings (SSSR count). The van der Waals surface area contributed by atoms with E-state index in [2.05, 4.69) is 30.9 Å². The average Bonchev–Trinajstić information content (AvgIpc) is 2.73. The number of rotatable bonds is 3. The number of hydrogen-bond donors (Lipinski definition) is 1. The van der Waals surface area contributed by atoms with Gasteiger partial charge in [-0.25, -0.2) is 0 Å². The van der Waals surface area contributed by atoms with Crippen LogP contribution in [0.25, 0.3) is 11.1 Å². The molecule has 4 heteroatoms. The molecule has 0 atom stereocenters. The van der Waals surface area contributed by atoms with Crippen LogP contribution in [0.4, 0.5) is 5.82 Å². The Morgan fingerprint density at radius 2 is 1.94 bits per heavy atom. The SMILES string of the molecule is CCC(C)(C)c1onc(N)c1-c1ccncc1. The normalized spacial score (nSPS) is 11.7. The third kappa shape index (κ3) is 2.02. The molecule has 2 aromatic rings. The van der Waals surface area contributed by atoms with Crippen LogP contribution in [0.2, 0.25) is 0 Å². The molecule has 0 bridgehead atoms. The van der Waals surface area contributed by atoms with Crippen LogP contribution in [0.1, 0.15) is 33.0 Å². The van der Waals surface area contributed by atoms with E-state index in [0.29, 0.717) is 5.82 Å². The monoisotopic (exact) mass is 231 g/mol. The topological polar surface area (TPSA) is 64.9 Å². The van der Waals surface area contributed by atoms with Gasteiger partial charge in [-0.2, -0.15) is 0 Å². The summed E-state index contributed by atoms with van der Waals surface area (Å²) in [4.78, 5) is 4.01. The number of nitrogen functional groups attached to an aromatic ring is 1. The van der Waals surface area contributed by atoms with Crippen LogP contribution in [-0.4, -0.2) is 10.1 Å². The molecule has 17 heavy (non-hydrogen) atoms. The molecule has 0 fully saturated rings. The van der Waals surface area contributed by atoms with E-state index in [-0.39, 0.29) is 5.41 Å². The highest BCUT2D eigenvalue weighted by Crippen LogP contribution is 2.38. The van der Waals surface area contributed by atoms with Gasteiger partial charge in [-0.15, -0.1) is 0 Å². The summed E-state index contributed by atoms with van der Waals surface area (Å²) in [7, 11) is 0. The highest BCUT2D eigenvalue weighted by Gasteiger charge is 2.29. The van der Waals surface area contributed by atoms with Crippen molar-refractivity contribution in [3.05, 3.63) is 30.3 Å². The molecule has 0 unspecified atom stereocenters. The molecule has 0 aliphatic carbocycles. The summed E-state index contributed by atoms with van der Waals surface area (Å²) in [6, 6.07) is 3.83. The van der Waals surface area contributed by atoms with Crippen molar-refractivity contribution in [3.63, 3.8) is 0 Å². The van der Waals surface area contributed by atoms with E-state index >= 15 is 0 Å². The van der Waals surface area contributed by atoms with Gasteiger partial charge in [0.05, 0.1) is 5.56 Å². The van der Waals surface area contributed by atoms with Crippen molar-refractivity contribution in [1.82, 2.24) is 10.1 Å². The summed E-state index contributed by atoms with van der Waals surface area (Å²) in [5.41, 5.74) is 7.70. The zero-order valence-electron chi connectivity index (χ0n) is 10.4. The van der Waals surface area contributed by atoms with Gasteiger partial charge in [-0.05, 0) is 24.1 Å². The first-order valence-corrected chi connectivity index (χ1v) is 5.72. The summed E-state index contributed by atoms with van der Waals surface area (Å²) in [6.07, 6.45) is 4.44. The van der Waals surface area contributed by atoms with E-state index < -0.39 is 0 Å². The second-order valence-electron chi connectivity index (χ2n) is 4.75. The molecule has 2 heterocycles. The highest BCUT2D eigenvalue weighted by atomic mass is 16.5. The van der Waals surface area contributed by atoms with Gasteiger partial charge < -0.3 is 10.3 Å². The number of nitrogens with two attached hydrogens (primary N) is 1. The lowest BCUT2D eigenvalue weighted by atomic mass is 9.84. The van der Waals surface area contributed by atoms with Gasteiger partial charge in [0.25, 0.3) is 0 Å². The van der Waals surface area contributed by atoms with Crippen LogP contribution in [0.15, 0.2) is 29.0 Å². The first kappa shape index (κ1) is 11.6. The van der Waals surface area contributed by atoms with E-state index in [1.54, 1.807) is 12.4 Å². The number of pyridine rings is 1. The molecule has 0 saturated carbocycles. The average molecular weight is 231 g/mol. The van der Waals surface area contributed by atoms with Crippen molar-refractivity contribution in [2.75, 3.05) is 5.73 Å². The van der Waals surface area contributed by atoms with Gasteiger partial charge in [0.2, 0.25) is 0 Å². The molecule has 4 nitrogen and oxygen atoms in total. The molecule has 0 aliphatic heterocycles. The summed E-state index contributed by atoms with van der Waals surface area (Å²) in [5, 5.41) is 3.89. The van der Waals surface area contributed by atoms with E-state index in [4.69, 9.17) is 10.3 Å². The van der Waals surface area contributed by atoms with Gasteiger partial charge >= 0.3 is 0 Å². The quantitative estimate of drug-likeness (QED) is 0.881. The van der Waals surface area contributed by atoms with Gasteiger partial charge in [-0.3, -0.25) is 4.98 Å². The molecular weight excluding hydrogens is 214 g/mol. The smallest absolute Gasteiger partial charge is 0.175 e. The number of hydrogen-bond acceptors (Lipinski definition) is 4. The lowest BCUT2D eigenvalue weighted by molar-refractivity contribution is 0.313. The minimum absolute atomic E-state index is 0.0801. The number of anilines is 1. The molecule has 2 N–H and O–H groups in total. The Kier molecular flexibility index (Phi) is 2.88. The predicted octanol–water partition coefficient (Wildman–Crippen LogP) is 3.01. The predicted molar refractivity (Wildman–Crippen MR) is 67.5 cm³/mol. The van der Waals surface area contributed by atoms with Crippen LogP contribution in [-0.2, 0) is 5.41 Å². The van der Waals surface area contributed by atoms with Crippen LogP contribution in [0.3, 0.4) is 0 Å². The molecule has 0 saturated heterocycles. The lowest BCUT2D eigenvalue weighted by Gasteiger charge is -2.20. The maximum absolute atomic E-state index is 5.90.